The molecule has 0 atom stereocenters. The van der Waals surface area contributed by atoms with Crippen molar-refractivity contribution < 1.29 is 9.59 Å². The normalized spacial score (nSPS) is 9.88. The number of rotatable bonds is 4. The summed E-state index contributed by atoms with van der Waals surface area (Å²) in [5, 5.41) is 6.64. The van der Waals surface area contributed by atoms with E-state index in [1.165, 1.54) is 10.8 Å². The van der Waals surface area contributed by atoms with Crippen molar-refractivity contribution in [3.8, 4) is 0 Å². The van der Waals surface area contributed by atoms with Gasteiger partial charge in [0.15, 0.2) is 5.78 Å². The average Bonchev–Trinajstić information content (AvgIpc) is 2.57. The summed E-state index contributed by atoms with van der Waals surface area (Å²) in [7, 11) is 0. The Bertz CT molecular complexity index is 421. The molecular formula is C11H15N3O2. The highest BCUT2D eigenvalue weighted by Crippen LogP contribution is 2.00. The molecule has 0 aliphatic carbocycles. The van der Waals surface area contributed by atoms with Crippen molar-refractivity contribution in [2.75, 3.05) is 6.54 Å². The maximum absolute atomic E-state index is 11.6. The number of amides is 1. The van der Waals surface area contributed by atoms with Crippen LogP contribution in [0, 0.1) is 13.8 Å². The van der Waals surface area contributed by atoms with E-state index in [4.69, 9.17) is 0 Å². The number of aromatic nitrogens is 2. The maximum atomic E-state index is 11.6. The van der Waals surface area contributed by atoms with E-state index in [-0.39, 0.29) is 18.2 Å². The minimum absolute atomic E-state index is 0.0892. The number of carbonyl (C=O) groups excluding carboxylic acids is 2. The number of hydrogen-bond acceptors (Lipinski definition) is 3. The molecule has 5 nitrogen and oxygen atoms in total. The molecule has 0 saturated carbocycles. The lowest BCUT2D eigenvalue weighted by Gasteiger charge is -2.04. The van der Waals surface area contributed by atoms with Gasteiger partial charge in [-0.25, -0.2) is 4.79 Å². The van der Waals surface area contributed by atoms with Crippen LogP contribution in [0.5, 0.6) is 0 Å². The van der Waals surface area contributed by atoms with Crippen molar-refractivity contribution in [1.29, 1.82) is 0 Å². The van der Waals surface area contributed by atoms with Crippen molar-refractivity contribution in [3.05, 3.63) is 30.1 Å². The Balaban J connectivity index is 2.50. The molecule has 1 heterocycles. The Kier molecular flexibility index (Phi) is 3.99. The van der Waals surface area contributed by atoms with Crippen LogP contribution in [0.3, 0.4) is 0 Å². The number of nitrogens with zero attached hydrogens (tertiary/aromatic N) is 2. The van der Waals surface area contributed by atoms with Gasteiger partial charge < -0.3 is 5.32 Å². The van der Waals surface area contributed by atoms with Gasteiger partial charge in [-0.05, 0) is 26.0 Å². The molecule has 0 aromatic carbocycles. The highest BCUT2D eigenvalue weighted by molar-refractivity contribution is 5.89. The zero-order valence-electron chi connectivity index (χ0n) is 9.49. The Labute approximate surface area is 94.1 Å². The van der Waals surface area contributed by atoms with E-state index in [1.807, 2.05) is 13.0 Å². The van der Waals surface area contributed by atoms with Crippen LogP contribution in [-0.2, 0) is 4.79 Å². The van der Waals surface area contributed by atoms with E-state index in [2.05, 4.69) is 17.0 Å². The van der Waals surface area contributed by atoms with Gasteiger partial charge in [-0.3, -0.25) is 4.79 Å². The third-order valence-corrected chi connectivity index (χ3v) is 2.08. The van der Waals surface area contributed by atoms with Crippen LogP contribution in [0.25, 0.3) is 0 Å². The van der Waals surface area contributed by atoms with Crippen LogP contribution >= 0.6 is 0 Å². The summed E-state index contributed by atoms with van der Waals surface area (Å²) in [6, 6.07) is 1.50. The minimum atomic E-state index is -0.317. The van der Waals surface area contributed by atoms with Gasteiger partial charge in [0, 0.05) is 18.7 Å². The summed E-state index contributed by atoms with van der Waals surface area (Å²) in [4.78, 5) is 22.5. The number of nitrogens with one attached hydrogen (secondary N) is 1. The maximum Gasteiger partial charge on any atom is 0.342 e. The SMILES string of the molecule is C=CC(=O)CCNC(=O)n1nc(C)cc1C. The van der Waals surface area contributed by atoms with Crippen molar-refractivity contribution in [1.82, 2.24) is 15.1 Å². The Morgan fingerprint density at radius 2 is 2.25 bits per heavy atom. The van der Waals surface area contributed by atoms with E-state index >= 15 is 0 Å². The van der Waals surface area contributed by atoms with Crippen LogP contribution < -0.4 is 5.32 Å². The molecular weight excluding hydrogens is 206 g/mol. The second-order valence-electron chi connectivity index (χ2n) is 3.49. The molecule has 1 aromatic rings. The van der Waals surface area contributed by atoms with Crippen molar-refractivity contribution in [3.63, 3.8) is 0 Å². The predicted molar refractivity (Wildman–Crippen MR) is 60.3 cm³/mol. The predicted octanol–water partition coefficient (Wildman–Crippen LogP) is 1.20. The fraction of sp³-hybridized carbons (Fsp3) is 0.364. The van der Waals surface area contributed by atoms with Gasteiger partial charge in [-0.2, -0.15) is 9.78 Å². The molecule has 16 heavy (non-hydrogen) atoms. The molecule has 0 saturated heterocycles. The average molecular weight is 221 g/mol. The number of ketones is 1. The smallest absolute Gasteiger partial charge is 0.336 e. The third kappa shape index (κ3) is 3.05. The van der Waals surface area contributed by atoms with E-state index in [0.717, 1.165) is 11.4 Å². The summed E-state index contributed by atoms with van der Waals surface area (Å²) in [5.41, 5.74) is 1.56. The Morgan fingerprint density at radius 1 is 1.56 bits per heavy atom. The second kappa shape index (κ2) is 5.25. The van der Waals surface area contributed by atoms with E-state index in [0.29, 0.717) is 6.54 Å². The Morgan fingerprint density at radius 3 is 2.75 bits per heavy atom. The molecule has 5 heteroatoms. The zero-order chi connectivity index (χ0) is 12.1. The number of hydrogen-bond donors (Lipinski definition) is 1. The number of carbonyl (C=O) groups is 2. The third-order valence-electron chi connectivity index (χ3n) is 2.08. The van der Waals surface area contributed by atoms with E-state index < -0.39 is 0 Å². The van der Waals surface area contributed by atoms with Crippen LogP contribution in [0.15, 0.2) is 18.7 Å². The second-order valence-corrected chi connectivity index (χ2v) is 3.49. The van der Waals surface area contributed by atoms with Crippen LogP contribution in [-0.4, -0.2) is 28.1 Å². The molecule has 0 fully saturated rings. The molecule has 0 unspecified atom stereocenters. The summed E-state index contributed by atoms with van der Waals surface area (Å²) in [5.74, 6) is -0.0892. The quantitative estimate of drug-likeness (QED) is 0.777. The molecule has 0 radical (unpaired) electrons. The minimum Gasteiger partial charge on any atom is -0.336 e. The first kappa shape index (κ1) is 12.2. The fourth-order valence-corrected chi connectivity index (χ4v) is 1.30. The van der Waals surface area contributed by atoms with Gasteiger partial charge >= 0.3 is 6.03 Å². The monoisotopic (exact) mass is 221 g/mol. The van der Waals surface area contributed by atoms with E-state index in [1.54, 1.807) is 6.92 Å². The number of allylic oxidation sites excluding steroid dienone is 1. The molecule has 0 bridgehead atoms. The molecule has 1 rings (SSSR count). The van der Waals surface area contributed by atoms with Crippen molar-refractivity contribution in [2.45, 2.75) is 20.3 Å². The van der Waals surface area contributed by atoms with Gasteiger partial charge in [0.05, 0.1) is 5.69 Å². The molecule has 86 valence electrons. The van der Waals surface area contributed by atoms with Crippen molar-refractivity contribution in [2.24, 2.45) is 0 Å². The van der Waals surface area contributed by atoms with Crippen LogP contribution in [0.2, 0.25) is 0 Å². The topological polar surface area (TPSA) is 64.0 Å². The Hall–Kier alpha value is -1.91. The molecule has 0 spiro atoms. The summed E-state index contributed by atoms with van der Waals surface area (Å²) in [6.45, 7) is 7.27. The molecule has 0 aliphatic rings. The molecule has 0 aliphatic heterocycles. The van der Waals surface area contributed by atoms with Gasteiger partial charge in [0.25, 0.3) is 0 Å². The lowest BCUT2D eigenvalue weighted by Crippen LogP contribution is -2.31. The first-order chi connectivity index (χ1) is 7.54. The lowest BCUT2D eigenvalue weighted by atomic mass is 10.3. The largest absolute Gasteiger partial charge is 0.342 e. The molecule has 1 amide bonds. The summed E-state index contributed by atoms with van der Waals surface area (Å²) in [6.07, 6.45) is 1.50. The van der Waals surface area contributed by atoms with Crippen LogP contribution in [0.4, 0.5) is 4.79 Å². The standard InChI is InChI=1S/C11H15N3O2/c1-4-10(15)5-6-12-11(16)14-9(3)7-8(2)13-14/h4,7H,1,5-6H2,2-3H3,(H,12,16). The van der Waals surface area contributed by atoms with E-state index in [9.17, 15) is 9.59 Å². The summed E-state index contributed by atoms with van der Waals surface area (Å²) < 4.78 is 1.29. The molecule has 1 N–H and O–H groups in total. The highest BCUT2D eigenvalue weighted by atomic mass is 16.2. The first-order valence-corrected chi connectivity index (χ1v) is 5.01. The lowest BCUT2D eigenvalue weighted by molar-refractivity contribution is -0.114. The first-order valence-electron chi connectivity index (χ1n) is 5.01. The number of aryl methyl sites for hydroxylation is 2. The van der Waals surface area contributed by atoms with Gasteiger partial charge in [0.2, 0.25) is 0 Å². The van der Waals surface area contributed by atoms with Gasteiger partial charge in [0.1, 0.15) is 0 Å². The highest BCUT2D eigenvalue weighted by Gasteiger charge is 2.09. The van der Waals surface area contributed by atoms with Gasteiger partial charge in [-0.1, -0.05) is 6.58 Å². The summed E-state index contributed by atoms with van der Waals surface area (Å²) >= 11 is 0. The van der Waals surface area contributed by atoms with Crippen molar-refractivity contribution >= 4 is 11.8 Å². The fourth-order valence-electron chi connectivity index (χ4n) is 1.30. The van der Waals surface area contributed by atoms with Crippen LogP contribution in [0.1, 0.15) is 17.8 Å². The zero-order valence-corrected chi connectivity index (χ0v) is 9.49. The molecule has 1 aromatic heterocycles. The van der Waals surface area contributed by atoms with Gasteiger partial charge in [-0.15, -0.1) is 0 Å².